The Morgan fingerprint density at radius 1 is 1.25 bits per heavy atom. The van der Waals surface area contributed by atoms with E-state index in [-0.39, 0.29) is 50.4 Å². The van der Waals surface area contributed by atoms with Crippen LogP contribution in [-0.4, -0.2) is 34.2 Å². The molecular formula is C23H30N4O6S3. The Labute approximate surface area is 216 Å². The minimum atomic E-state index is -4.00. The molecule has 0 unspecified atom stereocenters. The van der Waals surface area contributed by atoms with Crippen LogP contribution in [0.4, 0.5) is 5.00 Å². The van der Waals surface area contributed by atoms with Gasteiger partial charge in [0.05, 0.1) is 5.41 Å². The van der Waals surface area contributed by atoms with Crippen molar-refractivity contribution in [1.29, 1.82) is 0 Å². The fraction of sp³-hybridized carbons (Fsp3) is 0.391. The number of aliphatic hydroxyl groups is 1. The molecule has 0 saturated carbocycles. The molecule has 2 aromatic rings. The van der Waals surface area contributed by atoms with Gasteiger partial charge in [-0.1, -0.05) is 55.8 Å². The lowest BCUT2D eigenvalue weighted by Crippen LogP contribution is -2.42. The Hall–Kier alpha value is -2.26. The summed E-state index contributed by atoms with van der Waals surface area (Å²) in [5.74, 6) is -0.809. The number of rotatable bonds is 6. The highest BCUT2D eigenvalue weighted by Crippen LogP contribution is 2.59. The Morgan fingerprint density at radius 2 is 1.92 bits per heavy atom. The second-order valence-electron chi connectivity index (χ2n) is 10.4. The van der Waals surface area contributed by atoms with E-state index in [0.29, 0.717) is 17.5 Å². The van der Waals surface area contributed by atoms with Crippen molar-refractivity contribution in [2.24, 2.45) is 15.0 Å². The van der Waals surface area contributed by atoms with Crippen molar-refractivity contribution in [2.45, 2.75) is 57.4 Å². The SMILES string of the molecule is CC(C)(C)CC[C@@]1(C)C(=O)C(C2=NS(O)(O)c3c(CNS(N)(=O)=O)csc3N2)=C(O)c2ccccc21. The van der Waals surface area contributed by atoms with E-state index in [2.05, 4.69) is 35.2 Å². The second kappa shape index (κ2) is 8.94. The second-order valence-corrected chi connectivity index (χ2v) is 14.2. The van der Waals surface area contributed by atoms with Crippen LogP contribution in [0.1, 0.15) is 57.2 Å². The van der Waals surface area contributed by atoms with E-state index >= 15 is 0 Å². The van der Waals surface area contributed by atoms with Gasteiger partial charge < -0.3 is 10.4 Å². The van der Waals surface area contributed by atoms with Gasteiger partial charge in [-0.05, 0) is 36.1 Å². The van der Waals surface area contributed by atoms with E-state index in [1.54, 1.807) is 17.5 Å². The monoisotopic (exact) mass is 554 g/mol. The molecule has 1 aromatic heterocycles. The van der Waals surface area contributed by atoms with Gasteiger partial charge in [0, 0.05) is 17.7 Å². The van der Waals surface area contributed by atoms with Crippen molar-refractivity contribution in [1.82, 2.24) is 4.72 Å². The Kier molecular flexibility index (Phi) is 6.65. The van der Waals surface area contributed by atoms with Crippen molar-refractivity contribution in [3.8, 4) is 0 Å². The molecule has 0 saturated heterocycles. The number of benzene rings is 1. The normalized spacial score (nSPS) is 22.4. The highest BCUT2D eigenvalue weighted by Gasteiger charge is 2.47. The average Bonchev–Trinajstić information content (AvgIpc) is 3.18. The van der Waals surface area contributed by atoms with Gasteiger partial charge >= 0.3 is 0 Å². The molecule has 0 amide bonds. The summed E-state index contributed by atoms with van der Waals surface area (Å²) < 4.78 is 50.6. The van der Waals surface area contributed by atoms with Gasteiger partial charge in [-0.15, -0.1) is 15.7 Å². The van der Waals surface area contributed by atoms with E-state index in [1.165, 1.54) is 0 Å². The molecule has 36 heavy (non-hydrogen) atoms. The van der Waals surface area contributed by atoms with Crippen molar-refractivity contribution < 1.29 is 27.4 Å². The number of carbonyl (C=O) groups excluding carboxylic acids is 1. The van der Waals surface area contributed by atoms with Crippen LogP contribution in [0.2, 0.25) is 0 Å². The number of hydrogen-bond donors (Lipinski definition) is 6. The average molecular weight is 555 g/mol. The van der Waals surface area contributed by atoms with E-state index in [1.807, 2.05) is 19.1 Å². The molecule has 1 aromatic carbocycles. The topological polar surface area (TPSA) is 174 Å². The zero-order chi connectivity index (χ0) is 26.7. The summed E-state index contributed by atoms with van der Waals surface area (Å²) in [5.41, 5.74) is 0.349. The van der Waals surface area contributed by atoms with Crippen molar-refractivity contribution >= 4 is 54.7 Å². The third-order valence-corrected chi connectivity index (χ3v) is 9.43. The number of anilines is 1. The molecule has 2 aliphatic rings. The first kappa shape index (κ1) is 26.8. The predicted molar refractivity (Wildman–Crippen MR) is 143 cm³/mol. The number of carbonyl (C=O) groups is 1. The molecule has 7 N–H and O–H groups in total. The van der Waals surface area contributed by atoms with Gasteiger partial charge in [0.25, 0.3) is 10.2 Å². The van der Waals surface area contributed by atoms with E-state index in [0.717, 1.165) is 17.8 Å². The maximum Gasteiger partial charge on any atom is 0.274 e. The van der Waals surface area contributed by atoms with E-state index < -0.39 is 26.4 Å². The lowest BCUT2D eigenvalue weighted by Gasteiger charge is -2.39. The Bertz CT molecular complexity index is 1410. The largest absolute Gasteiger partial charge is 0.506 e. The lowest BCUT2D eigenvalue weighted by atomic mass is 9.65. The van der Waals surface area contributed by atoms with Crippen LogP contribution in [0.5, 0.6) is 0 Å². The molecule has 1 atom stereocenters. The molecule has 10 nitrogen and oxygen atoms in total. The first-order chi connectivity index (χ1) is 16.5. The number of hydrogen-bond acceptors (Lipinski definition) is 9. The van der Waals surface area contributed by atoms with Crippen LogP contribution in [0.25, 0.3) is 5.76 Å². The number of Topliss-reactive ketones (excluding diaryl/α,β-unsaturated/α-hetero) is 1. The minimum Gasteiger partial charge on any atom is -0.506 e. The van der Waals surface area contributed by atoms with Gasteiger partial charge in [0.2, 0.25) is 0 Å². The standard InChI is InChI=1S/C23H30N4O6S3/c1-22(2,3)9-10-23(4)15-8-6-5-7-14(15)17(28)16(19(23)29)20-26-21-18(35(30,31)27-20)13(12-34-21)11-25-36(24,32)33/h5-8,12,25,28,30-31H,9-11H2,1-4H3,(H,26,27)(H2,24,32,33)/t23-/m1/s1. The van der Waals surface area contributed by atoms with Crippen LogP contribution < -0.4 is 15.2 Å². The third kappa shape index (κ3) is 4.96. The first-order valence-electron chi connectivity index (χ1n) is 11.1. The Morgan fingerprint density at radius 3 is 2.56 bits per heavy atom. The zero-order valence-corrected chi connectivity index (χ0v) is 22.8. The fourth-order valence-corrected chi connectivity index (χ4v) is 7.42. The maximum absolute atomic E-state index is 14.0. The smallest absolute Gasteiger partial charge is 0.274 e. The van der Waals surface area contributed by atoms with Crippen molar-refractivity contribution in [3.05, 3.63) is 51.9 Å². The molecule has 0 bridgehead atoms. The maximum atomic E-state index is 14.0. The summed E-state index contributed by atoms with van der Waals surface area (Å²) in [7, 11) is -7.83. The highest BCUT2D eigenvalue weighted by molar-refractivity contribution is 8.23. The summed E-state index contributed by atoms with van der Waals surface area (Å²) in [4.78, 5) is 14.0. The number of amidine groups is 1. The summed E-state index contributed by atoms with van der Waals surface area (Å²) in [6.45, 7) is 7.84. The number of fused-ring (bicyclic) bond motifs is 2. The molecule has 0 fully saturated rings. The molecule has 2 heterocycles. The molecule has 1 aliphatic heterocycles. The van der Waals surface area contributed by atoms with E-state index in [4.69, 9.17) is 5.14 Å². The molecule has 0 radical (unpaired) electrons. The molecule has 4 rings (SSSR count). The van der Waals surface area contributed by atoms with Gasteiger partial charge in [-0.25, -0.2) is 5.14 Å². The first-order valence-corrected chi connectivity index (χ1v) is 15.1. The zero-order valence-electron chi connectivity index (χ0n) is 20.3. The van der Waals surface area contributed by atoms with Gasteiger partial charge in [-0.2, -0.15) is 13.1 Å². The molecular weight excluding hydrogens is 524 g/mol. The number of nitrogens with two attached hydrogens (primary N) is 1. The van der Waals surface area contributed by atoms with Gasteiger partial charge in [0.15, 0.2) is 11.6 Å². The third-order valence-electron chi connectivity index (χ3n) is 6.36. The quantitative estimate of drug-likeness (QED) is 0.304. The minimum absolute atomic E-state index is 0.0200. The van der Waals surface area contributed by atoms with Gasteiger partial charge in [-0.3, -0.25) is 13.9 Å². The van der Waals surface area contributed by atoms with Crippen LogP contribution in [0.3, 0.4) is 0 Å². The number of thiophene rings is 1. The van der Waals surface area contributed by atoms with Crippen molar-refractivity contribution in [3.63, 3.8) is 0 Å². The number of nitrogens with one attached hydrogen (secondary N) is 2. The van der Waals surface area contributed by atoms with Crippen LogP contribution in [0.15, 0.2) is 44.5 Å². The van der Waals surface area contributed by atoms with Gasteiger partial charge in [0.1, 0.15) is 21.2 Å². The summed E-state index contributed by atoms with van der Waals surface area (Å²) >= 11 is 1.09. The van der Waals surface area contributed by atoms with Crippen LogP contribution in [-0.2, 0) is 27.0 Å². The number of nitrogens with zero attached hydrogens (tertiary/aromatic N) is 1. The molecule has 0 spiro atoms. The lowest BCUT2D eigenvalue weighted by molar-refractivity contribution is -0.120. The van der Waals surface area contributed by atoms with E-state index in [9.17, 15) is 27.4 Å². The van der Waals surface area contributed by atoms with Crippen LogP contribution >= 0.6 is 22.1 Å². The summed E-state index contributed by atoms with van der Waals surface area (Å²) in [5, 5.41) is 21.0. The fourth-order valence-electron chi connectivity index (χ4n) is 4.39. The van der Waals surface area contributed by atoms with Crippen molar-refractivity contribution in [2.75, 3.05) is 5.32 Å². The molecule has 196 valence electrons. The highest BCUT2D eigenvalue weighted by atomic mass is 32.3. The number of ketones is 1. The summed E-state index contributed by atoms with van der Waals surface area (Å²) in [6.07, 6.45) is 1.25. The Balaban J connectivity index is 1.79. The number of aliphatic hydroxyl groups excluding tert-OH is 1. The predicted octanol–water partition coefficient (Wildman–Crippen LogP) is 4.53. The van der Waals surface area contributed by atoms with Crippen LogP contribution in [0, 0.1) is 5.41 Å². The molecule has 1 aliphatic carbocycles. The summed E-state index contributed by atoms with van der Waals surface area (Å²) in [6, 6.07) is 7.14. The molecule has 13 heteroatoms.